The third-order valence-corrected chi connectivity index (χ3v) is 1.97. The van der Waals surface area contributed by atoms with Gasteiger partial charge in [-0.1, -0.05) is 0 Å². The van der Waals surface area contributed by atoms with Gasteiger partial charge >= 0.3 is 0 Å². The molecule has 0 radical (unpaired) electrons. The molecule has 0 aromatic carbocycles. The summed E-state index contributed by atoms with van der Waals surface area (Å²) in [5, 5.41) is 9.67. The first-order valence-electron chi connectivity index (χ1n) is 3.61. The van der Waals surface area contributed by atoms with E-state index in [9.17, 15) is 5.11 Å². The van der Waals surface area contributed by atoms with E-state index in [4.69, 9.17) is 14.2 Å². The van der Waals surface area contributed by atoms with Crippen molar-refractivity contribution in [1.82, 2.24) is 0 Å². The van der Waals surface area contributed by atoms with Gasteiger partial charge in [0.15, 0.2) is 0 Å². The van der Waals surface area contributed by atoms with Gasteiger partial charge < -0.3 is 19.3 Å². The standard InChI is InChI=1S/C7H14O4/c1-9-6-3-4-11-5-7(6,8)10-2/h6,8H,3-5H2,1-2H3. The van der Waals surface area contributed by atoms with Gasteiger partial charge in [0.25, 0.3) is 0 Å². The second-order valence-corrected chi connectivity index (χ2v) is 2.61. The highest BCUT2D eigenvalue weighted by Gasteiger charge is 2.40. The van der Waals surface area contributed by atoms with Gasteiger partial charge in [0, 0.05) is 27.2 Å². The fourth-order valence-corrected chi connectivity index (χ4v) is 1.22. The fourth-order valence-electron chi connectivity index (χ4n) is 1.22. The van der Waals surface area contributed by atoms with Crippen LogP contribution in [0.3, 0.4) is 0 Å². The minimum absolute atomic E-state index is 0.183. The molecule has 1 heterocycles. The van der Waals surface area contributed by atoms with Crippen molar-refractivity contribution in [2.24, 2.45) is 0 Å². The van der Waals surface area contributed by atoms with E-state index in [2.05, 4.69) is 0 Å². The molecule has 1 aliphatic heterocycles. The monoisotopic (exact) mass is 162 g/mol. The fraction of sp³-hybridized carbons (Fsp3) is 1.00. The van der Waals surface area contributed by atoms with Crippen molar-refractivity contribution < 1.29 is 19.3 Å². The van der Waals surface area contributed by atoms with Gasteiger partial charge in [-0.25, -0.2) is 0 Å². The predicted molar refractivity (Wildman–Crippen MR) is 38.2 cm³/mol. The van der Waals surface area contributed by atoms with Gasteiger partial charge in [-0.05, 0) is 0 Å². The zero-order valence-electron chi connectivity index (χ0n) is 6.87. The number of ether oxygens (including phenoxy) is 3. The number of rotatable bonds is 2. The Morgan fingerprint density at radius 3 is 2.73 bits per heavy atom. The van der Waals surface area contributed by atoms with Crippen molar-refractivity contribution in [3.8, 4) is 0 Å². The van der Waals surface area contributed by atoms with Crippen LogP contribution in [-0.2, 0) is 14.2 Å². The topological polar surface area (TPSA) is 47.9 Å². The van der Waals surface area contributed by atoms with E-state index in [-0.39, 0.29) is 12.7 Å². The number of hydrogen-bond acceptors (Lipinski definition) is 4. The lowest BCUT2D eigenvalue weighted by atomic mass is 10.1. The first kappa shape index (κ1) is 8.93. The average molecular weight is 162 g/mol. The minimum atomic E-state index is -1.26. The largest absolute Gasteiger partial charge is 0.376 e. The van der Waals surface area contributed by atoms with Crippen LogP contribution in [-0.4, -0.2) is 44.4 Å². The SMILES string of the molecule is COC1CCOCC1(O)OC. The molecule has 0 aromatic rings. The molecule has 2 unspecified atom stereocenters. The summed E-state index contributed by atoms with van der Waals surface area (Å²) in [7, 11) is 3.00. The molecule has 1 saturated heterocycles. The summed E-state index contributed by atoms with van der Waals surface area (Å²) in [6.45, 7) is 0.798. The van der Waals surface area contributed by atoms with Crippen molar-refractivity contribution in [2.75, 3.05) is 27.4 Å². The Balaban J connectivity index is 2.57. The van der Waals surface area contributed by atoms with E-state index in [1.807, 2.05) is 0 Å². The quantitative estimate of drug-likeness (QED) is 0.569. The second kappa shape index (κ2) is 3.49. The van der Waals surface area contributed by atoms with Crippen LogP contribution in [0.5, 0.6) is 0 Å². The molecule has 0 spiro atoms. The molecular weight excluding hydrogens is 148 g/mol. The number of hydrogen-bond donors (Lipinski definition) is 1. The molecule has 66 valence electrons. The van der Waals surface area contributed by atoms with Gasteiger partial charge in [0.1, 0.15) is 12.7 Å². The highest BCUT2D eigenvalue weighted by atomic mass is 16.7. The molecule has 2 atom stereocenters. The average Bonchev–Trinajstić information content (AvgIpc) is 2.05. The molecule has 0 aromatic heterocycles. The zero-order chi connectivity index (χ0) is 8.32. The smallest absolute Gasteiger partial charge is 0.216 e. The molecule has 1 fully saturated rings. The van der Waals surface area contributed by atoms with Crippen molar-refractivity contribution in [2.45, 2.75) is 18.3 Å². The number of methoxy groups -OCH3 is 2. The van der Waals surface area contributed by atoms with E-state index in [0.29, 0.717) is 13.0 Å². The van der Waals surface area contributed by atoms with Crippen LogP contribution < -0.4 is 0 Å². The Morgan fingerprint density at radius 2 is 2.27 bits per heavy atom. The molecular formula is C7H14O4. The molecule has 0 bridgehead atoms. The predicted octanol–water partition coefficient (Wildman–Crippen LogP) is -0.243. The van der Waals surface area contributed by atoms with E-state index in [1.54, 1.807) is 7.11 Å². The lowest BCUT2D eigenvalue weighted by Gasteiger charge is -2.36. The van der Waals surface area contributed by atoms with E-state index >= 15 is 0 Å². The normalized spacial score (nSPS) is 39.0. The summed E-state index contributed by atoms with van der Waals surface area (Å²) >= 11 is 0. The van der Waals surface area contributed by atoms with E-state index in [1.165, 1.54) is 7.11 Å². The lowest BCUT2D eigenvalue weighted by Crippen LogP contribution is -2.52. The molecule has 0 saturated carbocycles. The summed E-state index contributed by atoms with van der Waals surface area (Å²) in [6.07, 6.45) is 0.391. The molecule has 1 aliphatic rings. The third-order valence-electron chi connectivity index (χ3n) is 1.97. The molecule has 11 heavy (non-hydrogen) atoms. The Kier molecular flexibility index (Phi) is 2.84. The Morgan fingerprint density at radius 1 is 1.55 bits per heavy atom. The Bertz CT molecular complexity index is 128. The maximum absolute atomic E-state index is 9.67. The maximum Gasteiger partial charge on any atom is 0.216 e. The van der Waals surface area contributed by atoms with Gasteiger partial charge in [-0.3, -0.25) is 0 Å². The van der Waals surface area contributed by atoms with Crippen molar-refractivity contribution >= 4 is 0 Å². The summed E-state index contributed by atoms with van der Waals surface area (Å²) in [5.74, 6) is -1.26. The van der Waals surface area contributed by atoms with Crippen molar-refractivity contribution in [3.05, 3.63) is 0 Å². The van der Waals surface area contributed by atoms with E-state index < -0.39 is 5.79 Å². The van der Waals surface area contributed by atoms with Gasteiger partial charge in [0.2, 0.25) is 5.79 Å². The van der Waals surface area contributed by atoms with Gasteiger partial charge in [-0.15, -0.1) is 0 Å². The molecule has 4 heteroatoms. The maximum atomic E-state index is 9.67. The third kappa shape index (κ3) is 1.70. The Labute approximate surface area is 66.1 Å². The molecule has 4 nitrogen and oxygen atoms in total. The van der Waals surface area contributed by atoms with Crippen LogP contribution in [0.4, 0.5) is 0 Å². The molecule has 0 amide bonds. The van der Waals surface area contributed by atoms with Crippen molar-refractivity contribution in [1.29, 1.82) is 0 Å². The van der Waals surface area contributed by atoms with Gasteiger partial charge in [-0.2, -0.15) is 0 Å². The van der Waals surface area contributed by atoms with Crippen LogP contribution in [0.25, 0.3) is 0 Å². The Hall–Kier alpha value is -0.160. The summed E-state index contributed by atoms with van der Waals surface area (Å²) in [4.78, 5) is 0. The summed E-state index contributed by atoms with van der Waals surface area (Å²) in [6, 6.07) is 0. The highest BCUT2D eigenvalue weighted by molar-refractivity contribution is 4.81. The number of aliphatic hydroxyl groups is 1. The van der Waals surface area contributed by atoms with Crippen molar-refractivity contribution in [3.63, 3.8) is 0 Å². The second-order valence-electron chi connectivity index (χ2n) is 2.61. The van der Waals surface area contributed by atoms with Crippen LogP contribution in [0.2, 0.25) is 0 Å². The van der Waals surface area contributed by atoms with Crippen LogP contribution in [0.15, 0.2) is 0 Å². The molecule has 0 aliphatic carbocycles. The van der Waals surface area contributed by atoms with Crippen LogP contribution in [0.1, 0.15) is 6.42 Å². The lowest BCUT2D eigenvalue weighted by molar-refractivity contribution is -0.292. The summed E-state index contributed by atoms with van der Waals surface area (Å²) < 4.78 is 15.0. The highest BCUT2D eigenvalue weighted by Crippen LogP contribution is 2.22. The zero-order valence-corrected chi connectivity index (χ0v) is 6.87. The first-order chi connectivity index (χ1) is 5.23. The summed E-state index contributed by atoms with van der Waals surface area (Å²) in [5.41, 5.74) is 0. The molecule has 1 N–H and O–H groups in total. The van der Waals surface area contributed by atoms with Gasteiger partial charge in [0.05, 0.1) is 0 Å². The van der Waals surface area contributed by atoms with Crippen LogP contribution >= 0.6 is 0 Å². The minimum Gasteiger partial charge on any atom is -0.376 e. The first-order valence-corrected chi connectivity index (χ1v) is 3.61. The van der Waals surface area contributed by atoms with E-state index in [0.717, 1.165) is 0 Å². The van der Waals surface area contributed by atoms with Crippen LogP contribution in [0, 0.1) is 0 Å². The molecule has 1 rings (SSSR count).